The Morgan fingerprint density at radius 3 is 2.62 bits per heavy atom. The van der Waals surface area contributed by atoms with Crippen LogP contribution >= 0.6 is 0 Å². The summed E-state index contributed by atoms with van der Waals surface area (Å²) in [6.45, 7) is 3.14. The zero-order valence-electron chi connectivity index (χ0n) is 14.5. The second-order valence-electron chi connectivity index (χ2n) is 6.30. The van der Waals surface area contributed by atoms with Crippen molar-refractivity contribution in [2.75, 3.05) is 5.01 Å². The Balaban J connectivity index is 1.66. The van der Waals surface area contributed by atoms with E-state index in [4.69, 9.17) is 0 Å². The Hall–Kier alpha value is -3.31. The van der Waals surface area contributed by atoms with Crippen LogP contribution in [-0.2, 0) is 6.54 Å². The fourth-order valence-corrected chi connectivity index (χ4v) is 3.72. The molecule has 2 aromatic heterocycles. The number of hydrazine groups is 2. The number of rotatable bonds is 3. The van der Waals surface area contributed by atoms with Crippen LogP contribution in [0.15, 0.2) is 73.1 Å². The van der Waals surface area contributed by atoms with Crippen LogP contribution in [0, 0.1) is 0 Å². The van der Waals surface area contributed by atoms with Crippen LogP contribution < -0.4 is 16.0 Å². The molecule has 128 valence electrons. The highest BCUT2D eigenvalue weighted by atomic mass is 15.7. The molecule has 0 amide bonds. The van der Waals surface area contributed by atoms with Gasteiger partial charge in [0.2, 0.25) is 0 Å². The largest absolute Gasteiger partial charge is 0.341 e. The van der Waals surface area contributed by atoms with Crippen molar-refractivity contribution in [2.24, 2.45) is 0 Å². The van der Waals surface area contributed by atoms with Gasteiger partial charge in [0.25, 0.3) is 0 Å². The van der Waals surface area contributed by atoms with E-state index in [0.29, 0.717) is 0 Å². The minimum absolute atomic E-state index is 0.918. The number of nitrogens with one attached hydrogen (secondary N) is 2. The molecule has 5 rings (SSSR count). The number of fused-ring (bicyclic) bond motifs is 3. The van der Waals surface area contributed by atoms with Crippen LogP contribution in [-0.4, -0.2) is 9.55 Å². The smallest absolute Gasteiger partial charge is 0.102 e. The predicted octanol–water partition coefficient (Wildman–Crippen LogP) is 4.04. The normalized spacial score (nSPS) is 14.0. The Bertz CT molecular complexity index is 1130. The van der Waals surface area contributed by atoms with Gasteiger partial charge in [-0.15, -0.1) is 5.53 Å². The molecule has 0 unspecified atom stereocenters. The monoisotopic (exact) mass is 341 g/mol. The molecule has 0 fully saturated rings. The molecule has 1 aliphatic rings. The number of hydrogen-bond acceptors (Lipinski definition) is 4. The Morgan fingerprint density at radius 1 is 0.923 bits per heavy atom. The Kier molecular flexibility index (Phi) is 3.40. The Morgan fingerprint density at radius 2 is 1.77 bits per heavy atom. The summed E-state index contributed by atoms with van der Waals surface area (Å²) in [5.74, 6) is 0. The highest BCUT2D eigenvalue weighted by Crippen LogP contribution is 2.33. The van der Waals surface area contributed by atoms with Gasteiger partial charge in [-0.1, -0.05) is 24.3 Å². The van der Waals surface area contributed by atoms with E-state index < -0.39 is 0 Å². The van der Waals surface area contributed by atoms with E-state index in [1.54, 1.807) is 0 Å². The van der Waals surface area contributed by atoms with Crippen LogP contribution in [0.1, 0.15) is 12.6 Å². The van der Waals surface area contributed by atoms with Crippen LogP contribution in [0.3, 0.4) is 0 Å². The van der Waals surface area contributed by atoms with Crippen molar-refractivity contribution in [3.05, 3.63) is 78.8 Å². The number of benzene rings is 2. The maximum absolute atomic E-state index is 4.47. The fourth-order valence-electron chi connectivity index (χ4n) is 3.72. The van der Waals surface area contributed by atoms with Crippen LogP contribution in [0.5, 0.6) is 0 Å². The summed E-state index contributed by atoms with van der Waals surface area (Å²) in [4.78, 5) is 4.47. The summed E-state index contributed by atoms with van der Waals surface area (Å²) in [5, 5.41) is 4.57. The summed E-state index contributed by atoms with van der Waals surface area (Å²) in [7, 11) is 0. The highest BCUT2D eigenvalue weighted by Gasteiger charge is 2.20. The average Bonchev–Trinajstić information content (AvgIpc) is 3.31. The SMILES string of the molecule is CCn1c2ccccc2c2cc(N3NNC=C3c3ccccn3)ccc21. The molecule has 0 spiro atoms. The zero-order valence-corrected chi connectivity index (χ0v) is 14.5. The van der Waals surface area contributed by atoms with Crippen molar-refractivity contribution in [1.82, 2.24) is 20.5 Å². The van der Waals surface area contributed by atoms with Gasteiger partial charge in [-0.25, -0.2) is 0 Å². The van der Waals surface area contributed by atoms with E-state index in [1.165, 1.54) is 21.8 Å². The van der Waals surface area contributed by atoms with Gasteiger partial charge in [0, 0.05) is 40.7 Å². The first-order chi connectivity index (χ1) is 12.9. The van der Waals surface area contributed by atoms with Crippen LogP contribution in [0.4, 0.5) is 5.69 Å². The molecular formula is C21H19N5. The number of pyridine rings is 1. The quantitative estimate of drug-likeness (QED) is 0.590. The topological polar surface area (TPSA) is 45.1 Å². The molecule has 0 bridgehead atoms. The molecule has 1 aliphatic heterocycles. The number of aryl methyl sites for hydroxylation is 1. The van der Waals surface area contributed by atoms with Crippen molar-refractivity contribution in [1.29, 1.82) is 0 Å². The van der Waals surface area contributed by atoms with Crippen molar-refractivity contribution >= 4 is 33.2 Å². The average molecular weight is 341 g/mol. The lowest BCUT2D eigenvalue weighted by Gasteiger charge is -2.21. The van der Waals surface area contributed by atoms with Crippen LogP contribution in [0.25, 0.3) is 27.5 Å². The maximum atomic E-state index is 4.47. The first-order valence-electron chi connectivity index (χ1n) is 8.80. The molecular weight excluding hydrogens is 322 g/mol. The highest BCUT2D eigenvalue weighted by molar-refractivity contribution is 6.09. The molecule has 0 saturated heterocycles. The third-order valence-corrected chi connectivity index (χ3v) is 4.88. The summed E-state index contributed by atoms with van der Waals surface area (Å²) >= 11 is 0. The molecule has 0 saturated carbocycles. The molecule has 0 radical (unpaired) electrons. The number of aromatic nitrogens is 2. The fraction of sp³-hybridized carbons (Fsp3) is 0.0952. The van der Waals surface area contributed by atoms with Crippen LogP contribution in [0.2, 0.25) is 0 Å². The molecule has 5 heteroatoms. The second kappa shape index (κ2) is 5.89. The molecule has 3 heterocycles. The molecule has 2 N–H and O–H groups in total. The minimum atomic E-state index is 0.918. The molecule has 0 aliphatic carbocycles. The van der Waals surface area contributed by atoms with Gasteiger partial charge in [-0.3, -0.25) is 9.99 Å². The van der Waals surface area contributed by atoms with Gasteiger partial charge >= 0.3 is 0 Å². The van der Waals surface area contributed by atoms with Crippen molar-refractivity contribution < 1.29 is 0 Å². The zero-order chi connectivity index (χ0) is 17.5. The molecule has 2 aromatic carbocycles. The minimum Gasteiger partial charge on any atom is -0.341 e. The second-order valence-corrected chi connectivity index (χ2v) is 6.30. The first-order valence-corrected chi connectivity index (χ1v) is 8.80. The van der Waals surface area contributed by atoms with E-state index >= 15 is 0 Å². The molecule has 5 nitrogen and oxygen atoms in total. The van der Waals surface area contributed by atoms with Gasteiger partial charge in [0.15, 0.2) is 0 Å². The van der Waals surface area contributed by atoms with E-state index in [-0.39, 0.29) is 0 Å². The van der Waals surface area contributed by atoms with E-state index in [0.717, 1.165) is 23.6 Å². The number of para-hydroxylation sites is 1. The lowest BCUT2D eigenvalue weighted by atomic mass is 10.1. The van der Waals surface area contributed by atoms with Crippen molar-refractivity contribution in [3.8, 4) is 0 Å². The lowest BCUT2D eigenvalue weighted by Crippen LogP contribution is -2.37. The van der Waals surface area contributed by atoms with Crippen molar-refractivity contribution in [2.45, 2.75) is 13.5 Å². The number of anilines is 1. The van der Waals surface area contributed by atoms with Gasteiger partial charge in [-0.05, 0) is 43.3 Å². The number of nitrogens with zero attached hydrogens (tertiary/aromatic N) is 3. The van der Waals surface area contributed by atoms with Gasteiger partial charge in [0.05, 0.1) is 11.4 Å². The lowest BCUT2D eigenvalue weighted by molar-refractivity contribution is 0.683. The third kappa shape index (κ3) is 2.18. The van der Waals surface area contributed by atoms with Crippen molar-refractivity contribution in [3.63, 3.8) is 0 Å². The van der Waals surface area contributed by atoms with E-state index in [2.05, 4.69) is 69.9 Å². The van der Waals surface area contributed by atoms with Gasteiger partial charge < -0.3 is 9.99 Å². The first kappa shape index (κ1) is 15.0. The maximum Gasteiger partial charge on any atom is 0.102 e. The molecule has 26 heavy (non-hydrogen) atoms. The number of hydrogen-bond donors (Lipinski definition) is 2. The summed E-state index contributed by atoms with van der Waals surface area (Å²) in [6, 6.07) is 21.1. The molecule has 0 atom stereocenters. The summed E-state index contributed by atoms with van der Waals surface area (Å²) < 4.78 is 2.36. The standard InChI is InChI=1S/C21H19N5/c1-2-25-19-9-4-3-7-16(19)17-13-15(10-11-20(17)25)26-21(14-23-24-26)18-8-5-6-12-22-18/h3-14,23-24H,2H2,1H3. The van der Waals surface area contributed by atoms with Gasteiger partial charge in [-0.2, -0.15) is 0 Å². The predicted molar refractivity (Wildman–Crippen MR) is 106 cm³/mol. The summed E-state index contributed by atoms with van der Waals surface area (Å²) in [5.41, 5.74) is 11.8. The van der Waals surface area contributed by atoms with E-state index in [1.807, 2.05) is 35.6 Å². The molecule has 4 aromatic rings. The van der Waals surface area contributed by atoms with Gasteiger partial charge in [0.1, 0.15) is 5.70 Å². The third-order valence-electron chi connectivity index (χ3n) is 4.88. The van der Waals surface area contributed by atoms with E-state index in [9.17, 15) is 0 Å². The summed E-state index contributed by atoms with van der Waals surface area (Å²) in [6.07, 6.45) is 3.74. The Labute approximate surface area is 151 Å².